The minimum atomic E-state index is -1.78. The highest BCUT2D eigenvalue weighted by molar-refractivity contribution is 7.76. The van der Waals surface area contributed by atoms with Crippen LogP contribution < -0.4 is 0 Å². The molecule has 0 aromatic carbocycles. The molecule has 0 saturated carbocycles. The molecular formula is C10H21N3O2S. The summed E-state index contributed by atoms with van der Waals surface area (Å²) in [6, 6.07) is 0.686. The molecule has 2 fully saturated rings. The van der Waals surface area contributed by atoms with Crippen molar-refractivity contribution in [1.29, 1.82) is 0 Å². The Morgan fingerprint density at radius 1 is 1.06 bits per heavy atom. The summed E-state index contributed by atoms with van der Waals surface area (Å²) in [5, 5.41) is 0. The molecule has 5 nitrogen and oxygen atoms in total. The lowest BCUT2D eigenvalue weighted by atomic mass is 10.0. The molecule has 2 aliphatic rings. The highest BCUT2D eigenvalue weighted by Crippen LogP contribution is 2.17. The third-order valence-electron chi connectivity index (χ3n) is 3.70. The summed E-state index contributed by atoms with van der Waals surface area (Å²) in [5.74, 6) is 0. The first-order chi connectivity index (χ1) is 7.66. The molecule has 94 valence electrons. The van der Waals surface area contributed by atoms with Gasteiger partial charge >= 0.3 is 0 Å². The maximum absolute atomic E-state index is 10.9. The van der Waals surface area contributed by atoms with Crippen LogP contribution in [0.5, 0.6) is 0 Å². The van der Waals surface area contributed by atoms with Crippen molar-refractivity contribution in [2.75, 3.05) is 46.3 Å². The van der Waals surface area contributed by atoms with Crippen molar-refractivity contribution in [3.63, 3.8) is 0 Å². The predicted molar refractivity (Wildman–Crippen MR) is 64.4 cm³/mol. The van der Waals surface area contributed by atoms with Gasteiger partial charge in [0.1, 0.15) is 0 Å². The highest BCUT2D eigenvalue weighted by Gasteiger charge is 2.27. The van der Waals surface area contributed by atoms with Gasteiger partial charge in [0.25, 0.3) is 0 Å². The normalized spacial score (nSPS) is 29.4. The molecule has 0 aromatic rings. The van der Waals surface area contributed by atoms with Gasteiger partial charge in [-0.2, -0.15) is 4.31 Å². The van der Waals surface area contributed by atoms with Crippen molar-refractivity contribution >= 4 is 11.3 Å². The van der Waals surface area contributed by atoms with Crippen LogP contribution in [0, 0.1) is 0 Å². The van der Waals surface area contributed by atoms with Crippen LogP contribution in [-0.4, -0.2) is 75.2 Å². The third kappa shape index (κ3) is 3.01. The molecule has 1 atom stereocenters. The Bertz CT molecular complexity index is 248. The van der Waals surface area contributed by atoms with Crippen LogP contribution in [0.3, 0.4) is 0 Å². The van der Waals surface area contributed by atoms with E-state index in [0.29, 0.717) is 6.04 Å². The smallest absolute Gasteiger partial charge is 0.234 e. The van der Waals surface area contributed by atoms with E-state index in [9.17, 15) is 4.21 Å². The Morgan fingerprint density at radius 3 is 2.12 bits per heavy atom. The quantitative estimate of drug-likeness (QED) is 0.689. The molecule has 16 heavy (non-hydrogen) atoms. The molecule has 0 radical (unpaired) electrons. The summed E-state index contributed by atoms with van der Waals surface area (Å²) in [7, 11) is 2.17. The SMILES string of the molecule is CN1CCC(N2CCN(S(=O)O)CC2)CC1. The van der Waals surface area contributed by atoms with E-state index in [4.69, 9.17) is 4.55 Å². The molecule has 1 unspecified atom stereocenters. The Hall–Kier alpha value is -0.0100. The Balaban J connectivity index is 1.78. The van der Waals surface area contributed by atoms with Crippen LogP contribution in [0.25, 0.3) is 0 Å². The summed E-state index contributed by atoms with van der Waals surface area (Å²) in [6.45, 7) is 5.65. The van der Waals surface area contributed by atoms with Gasteiger partial charge in [0.15, 0.2) is 0 Å². The maximum atomic E-state index is 10.9. The predicted octanol–water partition coefficient (Wildman–Crippen LogP) is -0.165. The molecule has 1 N–H and O–H groups in total. The molecule has 2 heterocycles. The van der Waals surface area contributed by atoms with E-state index >= 15 is 0 Å². The molecule has 2 saturated heterocycles. The number of rotatable bonds is 2. The van der Waals surface area contributed by atoms with Crippen molar-refractivity contribution in [2.45, 2.75) is 18.9 Å². The second kappa shape index (κ2) is 5.55. The van der Waals surface area contributed by atoms with Crippen molar-refractivity contribution < 1.29 is 8.76 Å². The van der Waals surface area contributed by atoms with Crippen molar-refractivity contribution in [3.05, 3.63) is 0 Å². The van der Waals surface area contributed by atoms with Crippen LogP contribution in [0.2, 0.25) is 0 Å². The first kappa shape index (κ1) is 12.4. The van der Waals surface area contributed by atoms with Crippen LogP contribution in [0.4, 0.5) is 0 Å². The average molecular weight is 247 g/mol. The lowest BCUT2D eigenvalue weighted by Gasteiger charge is -2.41. The first-order valence-electron chi connectivity index (χ1n) is 5.95. The lowest BCUT2D eigenvalue weighted by molar-refractivity contribution is 0.0888. The standard InChI is InChI=1S/C10H21N3O2S/c1-11-4-2-10(3-5-11)12-6-8-13(9-7-12)16(14)15/h10H,2-9H2,1H3,(H,14,15). The van der Waals surface area contributed by atoms with Crippen LogP contribution in [0.15, 0.2) is 0 Å². The first-order valence-corrected chi connectivity index (χ1v) is 7.01. The van der Waals surface area contributed by atoms with Gasteiger partial charge in [0, 0.05) is 32.2 Å². The summed E-state index contributed by atoms with van der Waals surface area (Å²) in [5.41, 5.74) is 0. The number of hydrogen-bond donors (Lipinski definition) is 1. The second-order valence-electron chi connectivity index (χ2n) is 4.73. The van der Waals surface area contributed by atoms with E-state index in [1.807, 2.05) is 0 Å². The van der Waals surface area contributed by atoms with E-state index in [2.05, 4.69) is 16.8 Å². The topological polar surface area (TPSA) is 47.0 Å². The van der Waals surface area contributed by atoms with Gasteiger partial charge in [-0.05, 0) is 33.0 Å². The van der Waals surface area contributed by atoms with Crippen LogP contribution in [-0.2, 0) is 11.3 Å². The van der Waals surface area contributed by atoms with Gasteiger partial charge in [-0.15, -0.1) is 0 Å². The van der Waals surface area contributed by atoms with Crippen LogP contribution in [0.1, 0.15) is 12.8 Å². The van der Waals surface area contributed by atoms with Gasteiger partial charge in [-0.1, -0.05) is 0 Å². The minimum absolute atomic E-state index is 0.686. The van der Waals surface area contributed by atoms with Crippen molar-refractivity contribution in [1.82, 2.24) is 14.1 Å². The fraction of sp³-hybridized carbons (Fsp3) is 1.00. The summed E-state index contributed by atoms with van der Waals surface area (Å²) >= 11 is -1.78. The largest absolute Gasteiger partial charge is 0.306 e. The molecule has 2 aliphatic heterocycles. The monoisotopic (exact) mass is 247 g/mol. The number of piperazine rings is 1. The number of hydrogen-bond acceptors (Lipinski definition) is 3. The number of likely N-dealkylation sites (tertiary alicyclic amines) is 1. The molecule has 0 spiro atoms. The van der Waals surface area contributed by atoms with E-state index in [1.54, 1.807) is 4.31 Å². The van der Waals surface area contributed by atoms with Crippen molar-refractivity contribution in [3.8, 4) is 0 Å². The molecular weight excluding hydrogens is 226 g/mol. The van der Waals surface area contributed by atoms with Gasteiger partial charge in [0.2, 0.25) is 11.3 Å². The molecule has 0 aliphatic carbocycles. The Kier molecular flexibility index (Phi) is 4.32. The molecule has 0 bridgehead atoms. The zero-order chi connectivity index (χ0) is 11.5. The van der Waals surface area contributed by atoms with Gasteiger partial charge in [-0.3, -0.25) is 9.45 Å². The highest BCUT2D eigenvalue weighted by atomic mass is 32.2. The van der Waals surface area contributed by atoms with E-state index in [-0.39, 0.29) is 0 Å². The maximum Gasteiger partial charge on any atom is 0.234 e. The zero-order valence-electron chi connectivity index (χ0n) is 9.84. The molecule has 0 aromatic heterocycles. The molecule has 0 amide bonds. The van der Waals surface area contributed by atoms with Crippen molar-refractivity contribution in [2.24, 2.45) is 0 Å². The molecule has 6 heteroatoms. The number of nitrogens with zero attached hydrogens (tertiary/aromatic N) is 3. The van der Waals surface area contributed by atoms with Crippen LogP contribution >= 0.6 is 0 Å². The summed E-state index contributed by atoms with van der Waals surface area (Å²) in [4.78, 5) is 4.85. The minimum Gasteiger partial charge on any atom is -0.306 e. The lowest BCUT2D eigenvalue weighted by Crippen LogP contribution is -2.53. The third-order valence-corrected chi connectivity index (χ3v) is 4.51. The Morgan fingerprint density at radius 2 is 1.62 bits per heavy atom. The van der Waals surface area contributed by atoms with Gasteiger partial charge in [0.05, 0.1) is 0 Å². The Labute approximate surface area is 99.8 Å². The van der Waals surface area contributed by atoms with Gasteiger partial charge in [-0.25, -0.2) is 4.21 Å². The number of piperidine rings is 1. The summed E-state index contributed by atoms with van der Waals surface area (Å²) < 4.78 is 21.5. The molecule has 2 rings (SSSR count). The fourth-order valence-electron chi connectivity index (χ4n) is 2.59. The second-order valence-corrected chi connectivity index (χ2v) is 5.71. The van der Waals surface area contributed by atoms with E-state index < -0.39 is 11.3 Å². The zero-order valence-corrected chi connectivity index (χ0v) is 10.7. The van der Waals surface area contributed by atoms with Gasteiger partial charge < -0.3 is 4.90 Å². The average Bonchev–Trinajstić information content (AvgIpc) is 2.30. The summed E-state index contributed by atoms with van der Waals surface area (Å²) in [6.07, 6.45) is 2.47. The van der Waals surface area contributed by atoms with E-state index in [0.717, 1.165) is 26.2 Å². The van der Waals surface area contributed by atoms with E-state index in [1.165, 1.54) is 25.9 Å². The fourth-order valence-corrected chi connectivity index (χ4v) is 3.06.